The van der Waals surface area contributed by atoms with Crippen LogP contribution in [0.25, 0.3) is 14.5 Å². The van der Waals surface area contributed by atoms with Crippen LogP contribution in [0.2, 0.25) is 6.32 Å². The van der Waals surface area contributed by atoms with Gasteiger partial charge in [0.2, 0.25) is 52.3 Å². The third-order valence-corrected chi connectivity index (χ3v) is 11.3. The Morgan fingerprint density at radius 2 is 0.935 bits per heavy atom. The molecule has 77 heavy (non-hydrogen) atoms. The lowest BCUT2D eigenvalue weighted by Gasteiger charge is -2.15. The van der Waals surface area contributed by atoms with Crippen LogP contribution in [-0.2, 0) is 62.1 Å². The zero-order valence-corrected chi connectivity index (χ0v) is 41.7. The molecule has 3 aromatic heterocycles. The second-order valence-corrected chi connectivity index (χ2v) is 16.7. The van der Waals surface area contributed by atoms with Gasteiger partial charge in [0, 0.05) is 20.8 Å². The fraction of sp³-hybridized carbons (Fsp3) is 0.250. The largest absolute Gasteiger partial charge is 0.491 e. The van der Waals surface area contributed by atoms with Gasteiger partial charge in [-0.1, -0.05) is 18.2 Å². The van der Waals surface area contributed by atoms with Gasteiger partial charge < -0.3 is 61.5 Å². The van der Waals surface area contributed by atoms with E-state index < -0.39 is 32.1 Å². The molecule has 0 unspecified atom stereocenters. The van der Waals surface area contributed by atoms with E-state index in [1.165, 1.54) is 26.8 Å². The minimum absolute atomic E-state index is 0.0355. The highest BCUT2D eigenvalue weighted by molar-refractivity contribution is 6.79. The van der Waals surface area contributed by atoms with Crippen molar-refractivity contribution in [2.24, 2.45) is 0 Å². The van der Waals surface area contributed by atoms with E-state index in [1.807, 2.05) is 30.3 Å². The lowest BCUT2D eigenvalue weighted by atomic mass is 9.59. The van der Waals surface area contributed by atoms with Crippen molar-refractivity contribution in [2.45, 2.75) is 46.7 Å². The number of esters is 3. The van der Waals surface area contributed by atoms with E-state index in [1.54, 1.807) is 54.6 Å². The van der Waals surface area contributed by atoms with E-state index in [4.69, 9.17) is 76.2 Å². The first kappa shape index (κ1) is 54.1. The molecule has 1 N–H and O–H groups in total. The molecule has 6 aromatic rings. The Bertz CT molecular complexity index is 3150. The number of aromatic nitrogens is 3. The van der Waals surface area contributed by atoms with Crippen LogP contribution < -0.4 is 44.8 Å². The van der Waals surface area contributed by atoms with Crippen LogP contribution in [0.5, 0.6) is 52.5 Å². The molecule has 388 valence electrons. The van der Waals surface area contributed by atoms with Gasteiger partial charge in [0.25, 0.3) is 0 Å². The molecule has 0 saturated heterocycles. The number of rotatable bonds is 20. The van der Waals surface area contributed by atoms with E-state index in [0.29, 0.717) is 35.9 Å². The Kier molecular flexibility index (Phi) is 18.2. The summed E-state index contributed by atoms with van der Waals surface area (Å²) >= 11 is 0. The number of carbonyl (C=O) groups is 3. The van der Waals surface area contributed by atoms with Crippen molar-refractivity contribution in [1.29, 1.82) is 0 Å². The average Bonchev–Trinajstić information content (AvgIpc) is 4.15. The Balaban J connectivity index is 0.000000252. The van der Waals surface area contributed by atoms with Crippen molar-refractivity contribution in [1.82, 2.24) is 15.0 Å². The Labute approximate surface area is 442 Å². The Morgan fingerprint density at radius 1 is 0.532 bits per heavy atom. The number of pyridine rings is 3. The number of hydrogen-bond donors (Lipinski definition) is 1. The second kappa shape index (κ2) is 25.9. The minimum atomic E-state index is -0.910. The number of benzene rings is 3. The topological polar surface area (TPSA) is 234 Å². The van der Waals surface area contributed by atoms with Crippen LogP contribution in [-0.4, -0.2) is 98.7 Å². The molecule has 0 aliphatic carbocycles. The molecular formula is C52H45B3N6O16. The van der Waals surface area contributed by atoms with Gasteiger partial charge in [-0.15, -0.1) is 0 Å². The quantitative estimate of drug-likeness (QED) is 0.0289. The van der Waals surface area contributed by atoms with Gasteiger partial charge in [-0.2, -0.15) is 15.0 Å². The van der Waals surface area contributed by atoms with Crippen LogP contribution in [0.1, 0.15) is 37.5 Å². The molecule has 0 saturated carbocycles. The Hall–Kier alpha value is -9.18. The SMILES string of the molecule is [C-]#[N+]c1ccc(Oc2ccc3c(c2)CCB3OB2OCc3cc(Oc4ccc([N+]#[C-])c(OCCOC(C)=O)n4)ccc32)nc1OCCOC(C)=O.[C-]#[N+]c1ccc(Oc2ccc3c(c2)COB3O)nc1OCCOC(C)=O. The zero-order chi connectivity index (χ0) is 54.3. The van der Waals surface area contributed by atoms with Crippen LogP contribution in [0.3, 0.4) is 0 Å². The summed E-state index contributed by atoms with van der Waals surface area (Å²) in [4.78, 5) is 55.8. The zero-order valence-electron chi connectivity index (χ0n) is 41.7. The van der Waals surface area contributed by atoms with Crippen molar-refractivity contribution in [3.8, 4) is 52.5 Å². The maximum absolute atomic E-state index is 11.0. The van der Waals surface area contributed by atoms with Crippen molar-refractivity contribution in [3.05, 3.63) is 142 Å². The Morgan fingerprint density at radius 3 is 1.38 bits per heavy atom. The van der Waals surface area contributed by atoms with E-state index >= 15 is 0 Å². The average molecular weight is 1040 g/mol. The van der Waals surface area contributed by atoms with E-state index in [0.717, 1.165) is 40.4 Å². The van der Waals surface area contributed by atoms with Crippen molar-refractivity contribution < 1.29 is 75.9 Å². The summed E-state index contributed by atoms with van der Waals surface area (Å²) in [5, 5.41) is 9.64. The summed E-state index contributed by atoms with van der Waals surface area (Å²) in [5.41, 5.74) is 6.16. The fourth-order valence-electron chi connectivity index (χ4n) is 7.87. The van der Waals surface area contributed by atoms with Crippen molar-refractivity contribution in [2.75, 3.05) is 39.6 Å². The molecule has 0 atom stereocenters. The lowest BCUT2D eigenvalue weighted by molar-refractivity contribution is -0.142. The van der Waals surface area contributed by atoms with Crippen molar-refractivity contribution in [3.63, 3.8) is 0 Å². The molecule has 3 aromatic carbocycles. The highest BCUT2D eigenvalue weighted by Crippen LogP contribution is 2.34. The minimum Gasteiger partial charge on any atom is -0.483 e. The molecule has 22 nitrogen and oxygen atoms in total. The molecule has 3 aliphatic rings. The first-order chi connectivity index (χ1) is 37.4. The summed E-state index contributed by atoms with van der Waals surface area (Å²) in [6.45, 7) is 26.6. The van der Waals surface area contributed by atoms with Gasteiger partial charge in [-0.3, -0.25) is 14.4 Å². The predicted octanol–water partition coefficient (Wildman–Crippen LogP) is 6.33. The molecule has 0 bridgehead atoms. The van der Waals surface area contributed by atoms with Gasteiger partial charge >= 0.3 is 39.1 Å². The number of aryl methyl sites for hydroxylation is 1. The third kappa shape index (κ3) is 14.6. The number of hydrogen-bond acceptors (Lipinski definition) is 19. The highest BCUT2D eigenvalue weighted by Gasteiger charge is 2.38. The standard InChI is InChI=1S/C35H30B2N4O10.C17H15BN2O6/c1-22(42)44-15-17-46-34-30(38-3)9-11-32(40-34)49-26-5-7-28-24(19-26)13-14-36(28)51-37-29-8-6-27(20-25(29)21-48-37)50-33-12-10-31(39-4)35(41-33)47-18-16-45-23(2)43;1-11(21)23-7-8-24-17-15(19-2)5-6-16(20-17)26-13-3-4-14-12(9-13)10-25-18(14)22/h5-12,19-20H,13-18,21H2,1-2H3;3-6,9,22H,7-8,10H2,1H3. The normalized spacial score (nSPS) is 12.5. The molecule has 25 heteroatoms. The maximum atomic E-state index is 11.0. The molecule has 3 aliphatic heterocycles. The maximum Gasteiger partial charge on any atom is 0.491 e. The van der Waals surface area contributed by atoms with Crippen LogP contribution in [0.4, 0.5) is 17.1 Å². The summed E-state index contributed by atoms with van der Waals surface area (Å²) < 4.78 is 66.4. The molecule has 0 spiro atoms. The van der Waals surface area contributed by atoms with Gasteiger partial charge in [0.05, 0.1) is 32.9 Å². The van der Waals surface area contributed by atoms with Gasteiger partial charge in [0.15, 0.2) is 0 Å². The molecule has 6 heterocycles. The van der Waals surface area contributed by atoms with Crippen LogP contribution >= 0.6 is 0 Å². The van der Waals surface area contributed by atoms with Crippen LogP contribution in [0.15, 0.2) is 91.0 Å². The molecular weight excluding hydrogens is 997 g/mol. The summed E-state index contributed by atoms with van der Waals surface area (Å²) in [6, 6.07) is 25.9. The number of fused-ring (bicyclic) bond motifs is 3. The highest BCUT2D eigenvalue weighted by atomic mass is 16.6. The molecule has 0 amide bonds. The number of ether oxygens (including phenoxy) is 9. The third-order valence-electron chi connectivity index (χ3n) is 11.3. The summed E-state index contributed by atoms with van der Waals surface area (Å²) in [6.07, 6.45) is 1.55. The van der Waals surface area contributed by atoms with Gasteiger partial charge in [-0.25, -0.2) is 14.5 Å². The van der Waals surface area contributed by atoms with Gasteiger partial charge in [0.1, 0.15) is 56.9 Å². The number of carbonyl (C=O) groups excluding carboxylic acids is 3. The molecule has 9 rings (SSSR count). The van der Waals surface area contributed by atoms with E-state index in [9.17, 15) is 19.4 Å². The molecule has 0 radical (unpaired) electrons. The first-order valence-corrected chi connectivity index (χ1v) is 23.8. The monoisotopic (exact) mass is 1040 g/mol. The second-order valence-electron chi connectivity index (χ2n) is 16.7. The molecule has 0 fully saturated rings. The summed E-state index contributed by atoms with van der Waals surface area (Å²) in [7, 11) is -1.47. The first-order valence-electron chi connectivity index (χ1n) is 23.8. The van der Waals surface area contributed by atoms with Gasteiger partial charge in [-0.05, 0) is 119 Å². The van der Waals surface area contributed by atoms with E-state index in [2.05, 4.69) is 29.5 Å². The smallest absolute Gasteiger partial charge is 0.483 e. The predicted molar refractivity (Wildman–Crippen MR) is 275 cm³/mol. The fourth-order valence-corrected chi connectivity index (χ4v) is 7.87. The lowest BCUT2D eigenvalue weighted by Crippen LogP contribution is -2.42. The number of nitrogens with zero attached hydrogens (tertiary/aromatic N) is 6. The van der Waals surface area contributed by atoms with E-state index in [-0.39, 0.29) is 98.9 Å². The van der Waals surface area contributed by atoms with Crippen molar-refractivity contribution >= 4 is 72.5 Å². The van der Waals surface area contributed by atoms with Crippen LogP contribution in [0, 0.1) is 19.7 Å². The summed E-state index contributed by atoms with van der Waals surface area (Å²) in [5.74, 6) is 1.42.